The van der Waals surface area contributed by atoms with Crippen LogP contribution in [0.15, 0.2) is 47.4 Å². The predicted molar refractivity (Wildman–Crippen MR) is 124 cm³/mol. The van der Waals surface area contributed by atoms with Crippen molar-refractivity contribution in [1.82, 2.24) is 0 Å². The van der Waals surface area contributed by atoms with Crippen LogP contribution in [0.25, 0.3) is 0 Å². The lowest BCUT2D eigenvalue weighted by molar-refractivity contribution is -0.140. The number of ether oxygens (including phenoxy) is 2. The highest BCUT2D eigenvalue weighted by Crippen LogP contribution is 2.60. The zero-order chi connectivity index (χ0) is 22.6. The Morgan fingerprint density at radius 2 is 1.39 bits per heavy atom. The third kappa shape index (κ3) is 3.84. The van der Waals surface area contributed by atoms with Crippen LogP contribution in [-0.2, 0) is 14.8 Å². The van der Waals surface area contributed by atoms with Crippen molar-refractivity contribution >= 4 is 27.3 Å². The summed E-state index contributed by atoms with van der Waals surface area (Å²) in [5.74, 6) is 3.22. The Hall–Kier alpha value is -2.74. The summed E-state index contributed by atoms with van der Waals surface area (Å²) in [5, 5.41) is 3.11. The van der Waals surface area contributed by atoms with Gasteiger partial charge in [0.2, 0.25) is 5.91 Å². The third-order valence-electron chi connectivity index (χ3n) is 7.74. The average molecular weight is 469 g/mol. The lowest BCUT2D eigenvalue weighted by Gasteiger charge is -2.55. The number of hydrogen-bond donors (Lipinski definition) is 2. The molecule has 0 saturated heterocycles. The molecule has 33 heavy (non-hydrogen) atoms. The number of nitrogens with one attached hydrogen (secondary N) is 2. The lowest BCUT2D eigenvalue weighted by atomic mass is 9.49. The number of carbonyl (C=O) groups excluding carboxylic acids is 1. The second kappa shape index (κ2) is 7.65. The van der Waals surface area contributed by atoms with E-state index >= 15 is 0 Å². The van der Waals surface area contributed by atoms with Gasteiger partial charge in [0.05, 0.1) is 10.3 Å². The Kier molecular flexibility index (Phi) is 4.83. The van der Waals surface area contributed by atoms with Gasteiger partial charge in [-0.1, -0.05) is 0 Å². The summed E-state index contributed by atoms with van der Waals surface area (Å²) >= 11 is 0. The van der Waals surface area contributed by atoms with Crippen LogP contribution in [0.1, 0.15) is 38.5 Å². The Balaban J connectivity index is 1.14. The van der Waals surface area contributed by atoms with Gasteiger partial charge in [-0.05, 0) is 92.7 Å². The number of anilines is 2. The third-order valence-corrected chi connectivity index (χ3v) is 9.12. The van der Waals surface area contributed by atoms with Crippen LogP contribution >= 0.6 is 0 Å². The molecule has 7 rings (SSSR count). The topological polar surface area (TPSA) is 93.7 Å². The van der Waals surface area contributed by atoms with Gasteiger partial charge in [0.1, 0.15) is 13.2 Å². The first-order valence-electron chi connectivity index (χ1n) is 11.7. The van der Waals surface area contributed by atoms with Gasteiger partial charge in [-0.25, -0.2) is 8.42 Å². The quantitative estimate of drug-likeness (QED) is 0.678. The van der Waals surface area contributed by atoms with Gasteiger partial charge in [0.25, 0.3) is 10.0 Å². The van der Waals surface area contributed by atoms with Crippen LogP contribution in [0.4, 0.5) is 11.4 Å². The maximum absolute atomic E-state index is 13.2. The number of amides is 1. The molecule has 0 aromatic heterocycles. The number of fused-ring (bicyclic) bond motifs is 1. The van der Waals surface area contributed by atoms with E-state index in [2.05, 4.69) is 10.0 Å². The first-order valence-corrected chi connectivity index (χ1v) is 13.2. The summed E-state index contributed by atoms with van der Waals surface area (Å²) in [6, 6.07) is 11.4. The molecule has 0 unspecified atom stereocenters. The SMILES string of the molecule is O=C(Nc1ccc(NS(=O)(=O)c2ccc3c(c2)OCCO3)cc1)C12CC3CC(CC(C3)C1)C2. The summed E-state index contributed by atoms with van der Waals surface area (Å²) in [5.41, 5.74) is 0.906. The van der Waals surface area contributed by atoms with Crippen molar-refractivity contribution in [3.8, 4) is 11.5 Å². The lowest BCUT2D eigenvalue weighted by Crippen LogP contribution is -2.51. The summed E-state index contributed by atoms with van der Waals surface area (Å²) in [7, 11) is -3.79. The highest BCUT2D eigenvalue weighted by atomic mass is 32.2. The normalized spacial score (nSPS) is 29.5. The van der Waals surface area contributed by atoms with Crippen LogP contribution in [0.3, 0.4) is 0 Å². The van der Waals surface area contributed by atoms with Gasteiger partial charge in [-0.3, -0.25) is 9.52 Å². The molecule has 8 heteroatoms. The van der Waals surface area contributed by atoms with E-state index in [0.29, 0.717) is 53.8 Å². The molecule has 4 fully saturated rings. The molecule has 4 bridgehead atoms. The second-order valence-corrected chi connectivity index (χ2v) is 11.8. The molecule has 0 atom stereocenters. The van der Waals surface area contributed by atoms with Crippen LogP contribution in [0.5, 0.6) is 11.5 Å². The summed E-state index contributed by atoms with van der Waals surface area (Å²) in [4.78, 5) is 13.3. The largest absolute Gasteiger partial charge is 0.486 e. The minimum atomic E-state index is -3.79. The fourth-order valence-electron chi connectivity index (χ4n) is 6.68. The molecule has 174 valence electrons. The highest BCUT2D eigenvalue weighted by Gasteiger charge is 2.54. The number of carbonyl (C=O) groups is 1. The van der Waals surface area contributed by atoms with Gasteiger partial charge in [-0.15, -0.1) is 0 Å². The van der Waals surface area contributed by atoms with E-state index < -0.39 is 10.0 Å². The molecule has 0 spiro atoms. The van der Waals surface area contributed by atoms with Gasteiger partial charge in [-0.2, -0.15) is 0 Å². The van der Waals surface area contributed by atoms with Gasteiger partial charge >= 0.3 is 0 Å². The van der Waals surface area contributed by atoms with Crippen molar-refractivity contribution in [2.24, 2.45) is 23.2 Å². The molecular formula is C25H28N2O5S. The maximum Gasteiger partial charge on any atom is 0.262 e. The number of sulfonamides is 1. The molecule has 7 nitrogen and oxygen atoms in total. The van der Waals surface area contributed by atoms with Crippen molar-refractivity contribution in [3.05, 3.63) is 42.5 Å². The molecule has 0 radical (unpaired) electrons. The molecular weight excluding hydrogens is 440 g/mol. The smallest absolute Gasteiger partial charge is 0.262 e. The van der Waals surface area contributed by atoms with Crippen molar-refractivity contribution in [2.75, 3.05) is 23.3 Å². The molecule has 2 aromatic carbocycles. The molecule has 1 heterocycles. The minimum absolute atomic E-state index is 0.103. The predicted octanol–water partition coefficient (Wildman–Crippen LogP) is 4.41. The zero-order valence-electron chi connectivity index (χ0n) is 18.4. The highest BCUT2D eigenvalue weighted by molar-refractivity contribution is 7.92. The fourth-order valence-corrected chi connectivity index (χ4v) is 7.75. The average Bonchev–Trinajstić information content (AvgIpc) is 2.79. The van der Waals surface area contributed by atoms with Crippen LogP contribution in [-0.4, -0.2) is 27.5 Å². The number of rotatable bonds is 5. The molecule has 4 aliphatic carbocycles. The van der Waals surface area contributed by atoms with E-state index in [1.807, 2.05) is 0 Å². The summed E-state index contributed by atoms with van der Waals surface area (Å²) in [6.07, 6.45) is 6.93. The van der Waals surface area contributed by atoms with Crippen molar-refractivity contribution in [1.29, 1.82) is 0 Å². The van der Waals surface area contributed by atoms with Crippen molar-refractivity contribution in [2.45, 2.75) is 43.4 Å². The Bertz CT molecular complexity index is 1160. The van der Waals surface area contributed by atoms with E-state index in [-0.39, 0.29) is 16.2 Å². The molecule has 1 aliphatic heterocycles. The number of hydrogen-bond acceptors (Lipinski definition) is 5. The van der Waals surface area contributed by atoms with Crippen LogP contribution in [0, 0.1) is 23.2 Å². The monoisotopic (exact) mass is 468 g/mol. The maximum atomic E-state index is 13.2. The van der Waals surface area contributed by atoms with E-state index in [4.69, 9.17) is 9.47 Å². The van der Waals surface area contributed by atoms with Gasteiger partial charge < -0.3 is 14.8 Å². The van der Waals surface area contributed by atoms with E-state index in [0.717, 1.165) is 19.3 Å². The van der Waals surface area contributed by atoms with E-state index in [1.54, 1.807) is 30.3 Å². The molecule has 5 aliphatic rings. The van der Waals surface area contributed by atoms with Crippen molar-refractivity contribution < 1.29 is 22.7 Å². The molecule has 4 saturated carbocycles. The van der Waals surface area contributed by atoms with Crippen LogP contribution in [0.2, 0.25) is 0 Å². The van der Waals surface area contributed by atoms with Crippen molar-refractivity contribution in [3.63, 3.8) is 0 Å². The van der Waals surface area contributed by atoms with E-state index in [1.165, 1.54) is 31.4 Å². The Morgan fingerprint density at radius 1 is 0.818 bits per heavy atom. The Morgan fingerprint density at radius 3 is 2.03 bits per heavy atom. The zero-order valence-corrected chi connectivity index (χ0v) is 19.2. The van der Waals surface area contributed by atoms with Gasteiger partial charge in [0, 0.05) is 17.4 Å². The Labute approximate surface area is 193 Å². The first kappa shape index (κ1) is 20.8. The molecule has 2 aromatic rings. The summed E-state index contributed by atoms with van der Waals surface area (Å²) < 4.78 is 39.2. The molecule has 2 N–H and O–H groups in total. The van der Waals surface area contributed by atoms with E-state index in [9.17, 15) is 13.2 Å². The second-order valence-electron chi connectivity index (χ2n) is 10.1. The summed E-state index contributed by atoms with van der Waals surface area (Å²) in [6.45, 7) is 0.837. The van der Waals surface area contributed by atoms with Crippen LogP contribution < -0.4 is 19.5 Å². The number of benzene rings is 2. The fraction of sp³-hybridized carbons (Fsp3) is 0.480. The first-order chi connectivity index (χ1) is 15.9. The van der Waals surface area contributed by atoms with Gasteiger partial charge in [0.15, 0.2) is 11.5 Å². The minimum Gasteiger partial charge on any atom is -0.486 e. The molecule has 1 amide bonds. The standard InChI is InChI=1S/C25H28N2O5S/c28-24(25-13-16-9-17(14-25)11-18(10-16)15-25)26-19-1-3-20(4-2-19)27-33(29,30)21-5-6-22-23(12-21)32-8-7-31-22/h1-6,12,16-18,27H,7-11,13-15H2,(H,26,28).